The maximum atomic E-state index is 12.9. The molecule has 0 bridgehead atoms. The molecule has 28 heavy (non-hydrogen) atoms. The van der Waals surface area contributed by atoms with Crippen molar-refractivity contribution in [3.8, 4) is 28.8 Å². The lowest BCUT2D eigenvalue weighted by Gasteiger charge is -2.03. The van der Waals surface area contributed by atoms with Crippen LogP contribution in [0.4, 0.5) is 10.1 Å². The van der Waals surface area contributed by atoms with Crippen molar-refractivity contribution < 1.29 is 23.0 Å². The fourth-order valence-corrected chi connectivity index (χ4v) is 2.43. The van der Waals surface area contributed by atoms with E-state index in [2.05, 4.69) is 10.1 Å². The summed E-state index contributed by atoms with van der Waals surface area (Å²) in [6, 6.07) is 14.8. The standard InChI is InChI=1S/C19H12FN3O5/c20-13-3-7-15(8-4-13)26-11-16-9-10-17(27-16)19-21-18(22-28-19)12-1-5-14(6-2-12)23(24)25/h1-10H,11H2. The molecule has 0 spiro atoms. The van der Waals surface area contributed by atoms with E-state index >= 15 is 0 Å². The van der Waals surface area contributed by atoms with Gasteiger partial charge in [0.2, 0.25) is 5.82 Å². The minimum atomic E-state index is -0.482. The summed E-state index contributed by atoms with van der Waals surface area (Å²) in [5.74, 6) is 1.50. The quantitative estimate of drug-likeness (QED) is 0.354. The Bertz CT molecular complexity index is 1100. The third kappa shape index (κ3) is 3.73. The molecule has 2 aromatic carbocycles. The van der Waals surface area contributed by atoms with E-state index in [1.54, 1.807) is 12.1 Å². The Kier molecular flexibility index (Phi) is 4.55. The van der Waals surface area contributed by atoms with Gasteiger partial charge in [-0.25, -0.2) is 4.39 Å². The molecular weight excluding hydrogens is 369 g/mol. The number of benzene rings is 2. The Labute approximate surface area is 157 Å². The first-order chi connectivity index (χ1) is 13.6. The van der Waals surface area contributed by atoms with Crippen LogP contribution in [0.3, 0.4) is 0 Å². The highest BCUT2D eigenvalue weighted by atomic mass is 19.1. The van der Waals surface area contributed by atoms with Crippen molar-refractivity contribution in [2.45, 2.75) is 6.61 Å². The maximum absolute atomic E-state index is 12.9. The predicted molar refractivity (Wildman–Crippen MR) is 94.8 cm³/mol. The summed E-state index contributed by atoms with van der Waals surface area (Å²) in [5.41, 5.74) is 0.552. The molecule has 0 unspecified atom stereocenters. The van der Waals surface area contributed by atoms with Gasteiger partial charge in [0.1, 0.15) is 23.9 Å². The number of hydrogen-bond donors (Lipinski definition) is 0. The van der Waals surface area contributed by atoms with Crippen LogP contribution in [0.15, 0.2) is 69.6 Å². The molecule has 0 amide bonds. The van der Waals surface area contributed by atoms with E-state index in [4.69, 9.17) is 13.7 Å². The molecule has 9 heteroatoms. The van der Waals surface area contributed by atoms with Crippen molar-refractivity contribution >= 4 is 5.69 Å². The minimum absolute atomic E-state index is 0.0238. The normalized spacial score (nSPS) is 10.8. The Balaban J connectivity index is 1.45. The van der Waals surface area contributed by atoms with E-state index in [9.17, 15) is 14.5 Å². The van der Waals surface area contributed by atoms with Crippen molar-refractivity contribution in [3.63, 3.8) is 0 Å². The first kappa shape index (κ1) is 17.4. The van der Waals surface area contributed by atoms with Crippen LogP contribution in [0.25, 0.3) is 23.0 Å². The number of aromatic nitrogens is 2. The minimum Gasteiger partial charge on any atom is -0.486 e. The highest BCUT2D eigenvalue weighted by molar-refractivity contribution is 5.59. The molecule has 2 aromatic heterocycles. The third-order valence-electron chi connectivity index (χ3n) is 3.83. The molecule has 8 nitrogen and oxygen atoms in total. The molecule has 0 radical (unpaired) electrons. The van der Waals surface area contributed by atoms with Crippen LogP contribution < -0.4 is 4.74 Å². The van der Waals surface area contributed by atoms with E-state index in [0.717, 1.165) is 0 Å². The zero-order valence-electron chi connectivity index (χ0n) is 14.2. The third-order valence-corrected chi connectivity index (χ3v) is 3.83. The number of hydrogen-bond acceptors (Lipinski definition) is 7. The molecule has 0 aliphatic rings. The van der Waals surface area contributed by atoms with Gasteiger partial charge in [-0.3, -0.25) is 10.1 Å². The number of nitro benzene ring substituents is 1. The van der Waals surface area contributed by atoms with Crippen LogP contribution in [-0.2, 0) is 6.61 Å². The van der Waals surface area contributed by atoms with Crippen molar-refractivity contribution in [1.82, 2.24) is 10.1 Å². The second kappa shape index (κ2) is 7.31. The molecular formula is C19H12FN3O5. The average Bonchev–Trinajstić information content (AvgIpc) is 3.37. The zero-order chi connectivity index (χ0) is 19.5. The molecule has 4 rings (SSSR count). The summed E-state index contributed by atoms with van der Waals surface area (Å²) in [6.07, 6.45) is 0. The second-order valence-electron chi connectivity index (χ2n) is 5.74. The fourth-order valence-electron chi connectivity index (χ4n) is 2.43. The van der Waals surface area contributed by atoms with E-state index in [0.29, 0.717) is 22.8 Å². The monoisotopic (exact) mass is 381 g/mol. The summed E-state index contributed by atoms with van der Waals surface area (Å²) in [4.78, 5) is 14.5. The molecule has 0 fully saturated rings. The van der Waals surface area contributed by atoms with Gasteiger partial charge in [-0.2, -0.15) is 4.98 Å². The highest BCUT2D eigenvalue weighted by Crippen LogP contribution is 2.25. The molecule has 0 aliphatic heterocycles. The van der Waals surface area contributed by atoms with Crippen LogP contribution in [0.2, 0.25) is 0 Å². The van der Waals surface area contributed by atoms with Gasteiger partial charge in [0, 0.05) is 17.7 Å². The van der Waals surface area contributed by atoms with Crippen LogP contribution in [0.1, 0.15) is 5.76 Å². The molecule has 0 aliphatic carbocycles. The number of rotatable bonds is 6. The number of furan rings is 1. The van der Waals surface area contributed by atoms with E-state index < -0.39 is 4.92 Å². The topological polar surface area (TPSA) is 104 Å². The summed E-state index contributed by atoms with van der Waals surface area (Å²) >= 11 is 0. The smallest absolute Gasteiger partial charge is 0.293 e. The van der Waals surface area contributed by atoms with Crippen LogP contribution in [0.5, 0.6) is 5.75 Å². The van der Waals surface area contributed by atoms with Gasteiger partial charge in [0.25, 0.3) is 11.6 Å². The first-order valence-electron chi connectivity index (χ1n) is 8.14. The summed E-state index contributed by atoms with van der Waals surface area (Å²) in [6.45, 7) is 0.148. The molecule has 0 N–H and O–H groups in total. The van der Waals surface area contributed by atoms with Gasteiger partial charge < -0.3 is 13.7 Å². The lowest BCUT2D eigenvalue weighted by molar-refractivity contribution is -0.384. The van der Waals surface area contributed by atoms with Crippen LogP contribution >= 0.6 is 0 Å². The summed E-state index contributed by atoms with van der Waals surface area (Å²) in [5, 5.41) is 14.6. The lowest BCUT2D eigenvalue weighted by atomic mass is 10.2. The number of nitrogens with zero attached hydrogens (tertiary/aromatic N) is 3. The Morgan fingerprint density at radius 1 is 1.04 bits per heavy atom. The Morgan fingerprint density at radius 2 is 1.79 bits per heavy atom. The lowest BCUT2D eigenvalue weighted by Crippen LogP contribution is -1.93. The van der Waals surface area contributed by atoms with Gasteiger partial charge in [0.05, 0.1) is 4.92 Å². The number of nitro groups is 1. The van der Waals surface area contributed by atoms with Crippen molar-refractivity contribution in [2.75, 3.05) is 0 Å². The number of halogens is 1. The molecule has 140 valence electrons. The average molecular weight is 381 g/mol. The van der Waals surface area contributed by atoms with Gasteiger partial charge in [0.15, 0.2) is 5.76 Å². The molecule has 0 saturated heterocycles. The van der Waals surface area contributed by atoms with Crippen molar-refractivity contribution in [1.29, 1.82) is 0 Å². The molecule has 2 heterocycles. The maximum Gasteiger partial charge on any atom is 0.293 e. The highest BCUT2D eigenvalue weighted by Gasteiger charge is 2.15. The number of ether oxygens (including phenoxy) is 1. The second-order valence-corrected chi connectivity index (χ2v) is 5.74. The molecule has 0 atom stereocenters. The number of non-ortho nitro benzene ring substituents is 1. The van der Waals surface area contributed by atoms with Crippen LogP contribution in [0, 0.1) is 15.9 Å². The first-order valence-corrected chi connectivity index (χ1v) is 8.14. The molecule has 4 aromatic rings. The van der Waals surface area contributed by atoms with Gasteiger partial charge in [-0.15, -0.1) is 0 Å². The van der Waals surface area contributed by atoms with Crippen molar-refractivity contribution in [3.05, 3.63) is 82.4 Å². The van der Waals surface area contributed by atoms with Gasteiger partial charge >= 0.3 is 0 Å². The largest absolute Gasteiger partial charge is 0.486 e. The van der Waals surface area contributed by atoms with E-state index in [1.165, 1.54) is 48.5 Å². The van der Waals surface area contributed by atoms with Gasteiger partial charge in [-0.05, 0) is 48.5 Å². The predicted octanol–water partition coefficient (Wildman–Crippen LogP) is 4.62. The Hall–Kier alpha value is -4.01. The summed E-state index contributed by atoms with van der Waals surface area (Å²) in [7, 11) is 0. The van der Waals surface area contributed by atoms with E-state index in [-0.39, 0.29) is 29.8 Å². The van der Waals surface area contributed by atoms with Gasteiger partial charge in [-0.1, -0.05) is 5.16 Å². The zero-order valence-corrected chi connectivity index (χ0v) is 14.2. The fraction of sp³-hybridized carbons (Fsp3) is 0.0526. The summed E-state index contributed by atoms with van der Waals surface area (Å²) < 4.78 is 29.2. The SMILES string of the molecule is O=[N+]([O-])c1ccc(-c2noc(-c3ccc(COc4ccc(F)cc4)o3)n2)cc1. The van der Waals surface area contributed by atoms with E-state index in [1.807, 2.05) is 0 Å². The van der Waals surface area contributed by atoms with Crippen LogP contribution in [-0.4, -0.2) is 15.1 Å². The Morgan fingerprint density at radius 3 is 2.50 bits per heavy atom. The molecule has 0 saturated carbocycles. The van der Waals surface area contributed by atoms with Crippen molar-refractivity contribution in [2.24, 2.45) is 0 Å².